The molecule has 1 N–H and O–H groups in total. The predicted molar refractivity (Wildman–Crippen MR) is 73.7 cm³/mol. The van der Waals surface area contributed by atoms with Gasteiger partial charge in [-0.3, -0.25) is 9.48 Å². The molecule has 1 heterocycles. The highest BCUT2D eigenvalue weighted by Gasteiger charge is 2.23. The number of sulfonamides is 1. The average Bonchev–Trinajstić information content (AvgIpc) is 2.60. The number of ether oxygens (including phenoxy) is 1. The van der Waals surface area contributed by atoms with Crippen LogP contribution in [-0.4, -0.2) is 37.3 Å². The van der Waals surface area contributed by atoms with E-state index in [1.807, 2.05) is 0 Å². The van der Waals surface area contributed by atoms with Gasteiger partial charge in [-0.2, -0.15) is 5.10 Å². The minimum atomic E-state index is -3.60. The molecule has 1 aromatic heterocycles. The zero-order valence-corrected chi connectivity index (χ0v) is 13.1. The maximum atomic E-state index is 12.2. The second-order valence-corrected chi connectivity index (χ2v) is 6.13. The molecule has 0 bridgehead atoms. The Morgan fingerprint density at radius 3 is 2.55 bits per heavy atom. The largest absolute Gasteiger partial charge is 0.466 e. The number of esters is 1. The molecule has 7 nitrogen and oxygen atoms in total. The van der Waals surface area contributed by atoms with Crippen molar-refractivity contribution >= 4 is 16.0 Å². The first-order valence-corrected chi connectivity index (χ1v) is 7.93. The second kappa shape index (κ2) is 6.85. The third-order valence-electron chi connectivity index (χ3n) is 2.87. The molecule has 0 aromatic carbocycles. The van der Waals surface area contributed by atoms with E-state index in [1.165, 1.54) is 4.68 Å². The second-order valence-electron chi connectivity index (χ2n) is 4.43. The molecule has 0 saturated heterocycles. The molecule has 0 radical (unpaired) electrons. The van der Waals surface area contributed by atoms with Crippen molar-refractivity contribution in [3.8, 4) is 0 Å². The maximum Gasteiger partial charge on any atom is 0.305 e. The Labute approximate surface area is 119 Å². The van der Waals surface area contributed by atoms with Gasteiger partial charge < -0.3 is 4.74 Å². The van der Waals surface area contributed by atoms with E-state index in [0.29, 0.717) is 24.4 Å². The Hall–Kier alpha value is -1.41. The topological polar surface area (TPSA) is 90.3 Å². The normalized spacial score (nSPS) is 11.6. The highest BCUT2D eigenvalue weighted by Crippen LogP contribution is 2.18. The monoisotopic (exact) mass is 303 g/mol. The summed E-state index contributed by atoms with van der Waals surface area (Å²) in [6.45, 7) is 5.61. The molecule has 0 aliphatic carbocycles. The molecule has 0 aliphatic rings. The summed E-state index contributed by atoms with van der Waals surface area (Å²) in [5.74, 6) is -0.319. The Morgan fingerprint density at radius 2 is 2.05 bits per heavy atom. The zero-order valence-electron chi connectivity index (χ0n) is 12.3. The zero-order chi connectivity index (χ0) is 15.3. The number of carbonyl (C=O) groups excluding carboxylic acids is 1. The smallest absolute Gasteiger partial charge is 0.305 e. The number of hydrogen-bond acceptors (Lipinski definition) is 5. The van der Waals surface area contributed by atoms with Gasteiger partial charge >= 0.3 is 5.97 Å². The Bertz CT molecular complexity index is 578. The van der Waals surface area contributed by atoms with Crippen LogP contribution in [0.2, 0.25) is 0 Å². The molecule has 8 heteroatoms. The van der Waals surface area contributed by atoms with Crippen LogP contribution in [0, 0.1) is 13.8 Å². The van der Waals surface area contributed by atoms with Crippen molar-refractivity contribution < 1.29 is 17.9 Å². The molecule has 0 amide bonds. The van der Waals surface area contributed by atoms with Gasteiger partial charge in [-0.05, 0) is 27.2 Å². The van der Waals surface area contributed by atoms with Crippen LogP contribution in [0.5, 0.6) is 0 Å². The molecule has 0 fully saturated rings. The summed E-state index contributed by atoms with van der Waals surface area (Å²) >= 11 is 0. The van der Waals surface area contributed by atoms with Gasteiger partial charge in [-0.15, -0.1) is 0 Å². The van der Waals surface area contributed by atoms with Gasteiger partial charge in [0.05, 0.1) is 18.0 Å². The average molecular weight is 303 g/mol. The number of nitrogens with one attached hydrogen (secondary N) is 1. The Balaban J connectivity index is 2.61. The molecule has 0 aliphatic heterocycles. The summed E-state index contributed by atoms with van der Waals surface area (Å²) in [5.41, 5.74) is 1.04. The van der Waals surface area contributed by atoms with Gasteiger partial charge in [0.15, 0.2) is 0 Å². The summed E-state index contributed by atoms with van der Waals surface area (Å²) in [5, 5.41) is 4.08. The maximum absolute atomic E-state index is 12.2. The van der Waals surface area contributed by atoms with E-state index >= 15 is 0 Å². The summed E-state index contributed by atoms with van der Waals surface area (Å²) in [6.07, 6.45) is 0.595. The number of carbonyl (C=O) groups is 1. The minimum absolute atomic E-state index is 0.189. The predicted octanol–water partition coefficient (Wildman–Crippen LogP) is 0.659. The molecule has 20 heavy (non-hydrogen) atoms. The molecule has 0 saturated carbocycles. The molecule has 1 rings (SSSR count). The SMILES string of the molecule is CCOC(=O)CCCNS(=O)(=O)c1c(C)nn(C)c1C. The summed E-state index contributed by atoms with van der Waals surface area (Å²) in [6, 6.07) is 0. The lowest BCUT2D eigenvalue weighted by Gasteiger charge is -2.07. The third-order valence-corrected chi connectivity index (χ3v) is 4.58. The van der Waals surface area contributed by atoms with Crippen molar-refractivity contribution in [2.24, 2.45) is 7.05 Å². The molecular formula is C12H21N3O4S. The van der Waals surface area contributed by atoms with Crippen molar-refractivity contribution in [2.45, 2.75) is 38.5 Å². The standard InChI is InChI=1S/C12H21N3O4S/c1-5-19-11(16)7-6-8-13-20(17,18)12-9(2)14-15(4)10(12)3/h13H,5-8H2,1-4H3. The summed E-state index contributed by atoms with van der Waals surface area (Å²) in [7, 11) is -1.90. The van der Waals surface area contributed by atoms with Crippen LogP contribution in [0.15, 0.2) is 4.90 Å². The van der Waals surface area contributed by atoms with Crippen molar-refractivity contribution in [1.29, 1.82) is 0 Å². The number of aromatic nitrogens is 2. The summed E-state index contributed by atoms with van der Waals surface area (Å²) in [4.78, 5) is 11.3. The Morgan fingerprint density at radius 1 is 1.40 bits per heavy atom. The first-order valence-electron chi connectivity index (χ1n) is 6.45. The van der Waals surface area contributed by atoms with Crippen molar-refractivity contribution in [3.63, 3.8) is 0 Å². The van der Waals surface area contributed by atoms with Crippen LogP contribution in [0.4, 0.5) is 0 Å². The van der Waals surface area contributed by atoms with E-state index in [-0.39, 0.29) is 23.8 Å². The number of rotatable bonds is 7. The van der Waals surface area contributed by atoms with Crippen molar-refractivity contribution in [2.75, 3.05) is 13.2 Å². The lowest BCUT2D eigenvalue weighted by Crippen LogP contribution is -2.26. The van der Waals surface area contributed by atoms with Gasteiger partial charge in [-0.25, -0.2) is 13.1 Å². The molecule has 1 aromatic rings. The molecule has 0 atom stereocenters. The van der Waals surface area contributed by atoms with E-state index in [4.69, 9.17) is 4.74 Å². The quantitative estimate of drug-likeness (QED) is 0.590. The third kappa shape index (κ3) is 4.04. The lowest BCUT2D eigenvalue weighted by molar-refractivity contribution is -0.143. The van der Waals surface area contributed by atoms with Gasteiger partial charge in [-0.1, -0.05) is 0 Å². The highest BCUT2D eigenvalue weighted by molar-refractivity contribution is 7.89. The fourth-order valence-corrected chi connectivity index (χ4v) is 3.40. The van der Waals surface area contributed by atoms with E-state index in [0.717, 1.165) is 0 Å². The molecule has 0 unspecified atom stereocenters. The van der Waals surface area contributed by atoms with Crippen LogP contribution in [0.1, 0.15) is 31.2 Å². The highest BCUT2D eigenvalue weighted by atomic mass is 32.2. The van der Waals surface area contributed by atoms with Crippen LogP contribution in [0.25, 0.3) is 0 Å². The van der Waals surface area contributed by atoms with Crippen LogP contribution >= 0.6 is 0 Å². The van der Waals surface area contributed by atoms with E-state index in [9.17, 15) is 13.2 Å². The van der Waals surface area contributed by atoms with Crippen molar-refractivity contribution in [1.82, 2.24) is 14.5 Å². The molecule has 114 valence electrons. The van der Waals surface area contributed by atoms with Crippen molar-refractivity contribution in [3.05, 3.63) is 11.4 Å². The van der Waals surface area contributed by atoms with Gasteiger partial charge in [0, 0.05) is 20.0 Å². The van der Waals surface area contributed by atoms with E-state index in [1.54, 1.807) is 27.8 Å². The fourth-order valence-electron chi connectivity index (χ4n) is 1.89. The number of nitrogens with zero attached hydrogens (tertiary/aromatic N) is 2. The van der Waals surface area contributed by atoms with E-state index < -0.39 is 10.0 Å². The van der Waals surface area contributed by atoms with Crippen LogP contribution in [0.3, 0.4) is 0 Å². The fraction of sp³-hybridized carbons (Fsp3) is 0.667. The first kappa shape index (κ1) is 16.6. The Kier molecular flexibility index (Phi) is 5.70. The van der Waals surface area contributed by atoms with E-state index in [2.05, 4.69) is 9.82 Å². The van der Waals surface area contributed by atoms with Gasteiger partial charge in [0.1, 0.15) is 4.90 Å². The summed E-state index contributed by atoms with van der Waals surface area (Å²) < 4.78 is 33.1. The number of aryl methyl sites for hydroxylation is 2. The number of hydrogen-bond donors (Lipinski definition) is 1. The van der Waals surface area contributed by atoms with Crippen LogP contribution < -0.4 is 4.72 Å². The first-order chi connectivity index (χ1) is 9.29. The molecule has 0 spiro atoms. The molecular weight excluding hydrogens is 282 g/mol. The minimum Gasteiger partial charge on any atom is -0.466 e. The van der Waals surface area contributed by atoms with Crippen LogP contribution in [-0.2, 0) is 26.6 Å². The van der Waals surface area contributed by atoms with Gasteiger partial charge in [0.25, 0.3) is 0 Å². The van der Waals surface area contributed by atoms with Gasteiger partial charge in [0.2, 0.25) is 10.0 Å². The lowest BCUT2D eigenvalue weighted by atomic mass is 10.3.